The minimum Gasteiger partial charge on any atom is -0.309 e. The van der Waals surface area contributed by atoms with Crippen LogP contribution in [-0.2, 0) is 0 Å². The normalized spacial score (nSPS) is 29.4. The van der Waals surface area contributed by atoms with Crippen LogP contribution >= 0.6 is 11.6 Å². The Kier molecular flexibility index (Phi) is 1.85. The molecule has 1 saturated heterocycles. The van der Waals surface area contributed by atoms with Gasteiger partial charge in [0, 0.05) is 18.8 Å². The van der Waals surface area contributed by atoms with Crippen LogP contribution in [0.15, 0.2) is 24.4 Å². The zero-order valence-corrected chi connectivity index (χ0v) is 8.46. The lowest BCUT2D eigenvalue weighted by Crippen LogP contribution is -2.24. The number of halogens is 1. The van der Waals surface area contributed by atoms with Crippen molar-refractivity contribution in [3.05, 3.63) is 35.1 Å². The van der Waals surface area contributed by atoms with Crippen LogP contribution in [0.25, 0.3) is 5.57 Å². The second-order valence-electron chi connectivity index (χ2n) is 3.95. The largest absolute Gasteiger partial charge is 0.309 e. The topological polar surface area (TPSA) is 24.9 Å². The molecule has 0 spiro atoms. The molecular weight excluding hydrogens is 196 g/mol. The van der Waals surface area contributed by atoms with E-state index in [0.717, 1.165) is 12.5 Å². The van der Waals surface area contributed by atoms with Crippen molar-refractivity contribution in [1.82, 2.24) is 10.3 Å². The van der Waals surface area contributed by atoms with Crippen LogP contribution in [-0.4, -0.2) is 17.6 Å². The molecule has 3 heteroatoms. The lowest BCUT2D eigenvalue weighted by atomic mass is 10.0. The van der Waals surface area contributed by atoms with Crippen LogP contribution in [0.3, 0.4) is 0 Å². The first-order valence-corrected chi connectivity index (χ1v) is 5.28. The Balaban J connectivity index is 1.96. The standard InChI is InChI=1S/C11H11ClN2/c12-11-2-1-8(6-14-11)9-3-7-4-10(9)13-5-7/h1-3,6-7,10,13H,4-5H2/t7-,10-/m1/s1. The van der Waals surface area contributed by atoms with Crippen LogP contribution < -0.4 is 5.32 Å². The summed E-state index contributed by atoms with van der Waals surface area (Å²) in [6.07, 6.45) is 5.47. The van der Waals surface area contributed by atoms with Crippen molar-refractivity contribution in [2.24, 2.45) is 5.92 Å². The van der Waals surface area contributed by atoms with Gasteiger partial charge in [-0.25, -0.2) is 4.98 Å². The fourth-order valence-electron chi connectivity index (χ4n) is 2.34. The lowest BCUT2D eigenvalue weighted by molar-refractivity contribution is 0.723. The molecule has 1 fully saturated rings. The fraction of sp³-hybridized carbons (Fsp3) is 0.364. The molecule has 0 aromatic carbocycles. The Hall–Kier alpha value is -0.860. The second-order valence-corrected chi connectivity index (χ2v) is 4.34. The monoisotopic (exact) mass is 206 g/mol. The molecule has 1 aromatic heterocycles. The van der Waals surface area contributed by atoms with Gasteiger partial charge in [0.1, 0.15) is 5.15 Å². The zero-order chi connectivity index (χ0) is 9.54. The number of nitrogens with one attached hydrogen (secondary N) is 1. The summed E-state index contributed by atoms with van der Waals surface area (Å²) < 4.78 is 0. The molecule has 1 aliphatic carbocycles. The molecule has 1 aliphatic heterocycles. The fourth-order valence-corrected chi connectivity index (χ4v) is 2.45. The van der Waals surface area contributed by atoms with Gasteiger partial charge >= 0.3 is 0 Å². The molecule has 2 nitrogen and oxygen atoms in total. The zero-order valence-electron chi connectivity index (χ0n) is 7.70. The van der Waals surface area contributed by atoms with Gasteiger partial charge in [-0.3, -0.25) is 0 Å². The lowest BCUT2D eigenvalue weighted by Gasteiger charge is -2.14. The van der Waals surface area contributed by atoms with Crippen molar-refractivity contribution in [3.8, 4) is 0 Å². The van der Waals surface area contributed by atoms with E-state index < -0.39 is 0 Å². The number of aromatic nitrogens is 1. The van der Waals surface area contributed by atoms with Crippen molar-refractivity contribution in [1.29, 1.82) is 0 Å². The summed E-state index contributed by atoms with van der Waals surface area (Å²) in [7, 11) is 0. The van der Waals surface area contributed by atoms with Crippen molar-refractivity contribution < 1.29 is 0 Å². The van der Waals surface area contributed by atoms with Crippen LogP contribution in [0.1, 0.15) is 12.0 Å². The van der Waals surface area contributed by atoms with E-state index in [1.165, 1.54) is 17.6 Å². The predicted octanol–water partition coefficient (Wildman–Crippen LogP) is 2.11. The van der Waals surface area contributed by atoms with Crippen molar-refractivity contribution in [3.63, 3.8) is 0 Å². The first-order valence-electron chi connectivity index (χ1n) is 4.90. The first kappa shape index (κ1) is 8.45. The quantitative estimate of drug-likeness (QED) is 0.712. The van der Waals surface area contributed by atoms with E-state index in [9.17, 15) is 0 Å². The number of fused-ring (bicyclic) bond motifs is 2. The molecule has 0 unspecified atom stereocenters. The highest BCUT2D eigenvalue weighted by atomic mass is 35.5. The molecule has 72 valence electrons. The smallest absolute Gasteiger partial charge is 0.129 e. The Labute approximate surface area is 88.0 Å². The Morgan fingerprint density at radius 1 is 1.43 bits per heavy atom. The molecule has 2 heterocycles. The van der Waals surface area contributed by atoms with E-state index in [4.69, 9.17) is 11.6 Å². The van der Waals surface area contributed by atoms with Crippen molar-refractivity contribution in [2.75, 3.05) is 6.54 Å². The first-order chi connectivity index (χ1) is 6.83. The Morgan fingerprint density at radius 2 is 2.36 bits per heavy atom. The highest BCUT2D eigenvalue weighted by molar-refractivity contribution is 6.29. The number of hydrogen-bond acceptors (Lipinski definition) is 2. The molecule has 14 heavy (non-hydrogen) atoms. The molecule has 1 aromatic rings. The molecule has 0 amide bonds. The minimum atomic E-state index is 0.544. The van der Waals surface area contributed by atoms with Gasteiger partial charge in [-0.15, -0.1) is 0 Å². The molecular formula is C11H11ClN2. The number of pyridine rings is 1. The summed E-state index contributed by atoms with van der Waals surface area (Å²) in [6.45, 7) is 1.13. The third-order valence-electron chi connectivity index (χ3n) is 3.02. The van der Waals surface area contributed by atoms with Gasteiger partial charge in [0.05, 0.1) is 0 Å². The molecule has 2 atom stereocenters. The third kappa shape index (κ3) is 1.26. The van der Waals surface area contributed by atoms with Gasteiger partial charge in [-0.1, -0.05) is 23.7 Å². The van der Waals surface area contributed by atoms with Gasteiger partial charge in [-0.05, 0) is 29.5 Å². The van der Waals surface area contributed by atoms with Crippen molar-refractivity contribution in [2.45, 2.75) is 12.5 Å². The summed E-state index contributed by atoms with van der Waals surface area (Å²) in [6, 6.07) is 4.44. The molecule has 0 saturated carbocycles. The van der Waals surface area contributed by atoms with E-state index in [1.54, 1.807) is 0 Å². The summed E-state index contributed by atoms with van der Waals surface area (Å²) in [5.74, 6) is 0.727. The van der Waals surface area contributed by atoms with E-state index in [-0.39, 0.29) is 0 Å². The summed E-state index contributed by atoms with van der Waals surface area (Å²) in [4.78, 5) is 4.10. The Bertz CT molecular complexity index is 383. The maximum absolute atomic E-state index is 5.75. The van der Waals surface area contributed by atoms with Crippen LogP contribution in [0.2, 0.25) is 5.15 Å². The van der Waals surface area contributed by atoms with E-state index in [0.29, 0.717) is 11.2 Å². The Morgan fingerprint density at radius 3 is 2.93 bits per heavy atom. The predicted molar refractivity (Wildman–Crippen MR) is 57.1 cm³/mol. The van der Waals surface area contributed by atoms with Crippen LogP contribution in [0, 0.1) is 5.92 Å². The van der Waals surface area contributed by atoms with E-state index in [1.807, 2.05) is 18.3 Å². The number of nitrogens with zero attached hydrogens (tertiary/aromatic N) is 1. The maximum atomic E-state index is 5.75. The highest BCUT2D eigenvalue weighted by Gasteiger charge is 2.32. The van der Waals surface area contributed by atoms with Crippen molar-refractivity contribution >= 4 is 17.2 Å². The van der Waals surface area contributed by atoms with Gasteiger partial charge in [0.2, 0.25) is 0 Å². The van der Waals surface area contributed by atoms with Crippen LogP contribution in [0.4, 0.5) is 0 Å². The average Bonchev–Trinajstić information content (AvgIpc) is 2.80. The van der Waals surface area contributed by atoms with Gasteiger partial charge in [0.25, 0.3) is 0 Å². The van der Waals surface area contributed by atoms with Crippen LogP contribution in [0.5, 0.6) is 0 Å². The second kappa shape index (κ2) is 3.07. The molecule has 2 aliphatic rings. The molecule has 2 bridgehead atoms. The minimum absolute atomic E-state index is 0.544. The van der Waals surface area contributed by atoms with Gasteiger partial charge in [0.15, 0.2) is 0 Å². The molecule has 0 radical (unpaired) electrons. The summed E-state index contributed by atoms with van der Waals surface area (Å²) >= 11 is 5.75. The molecule has 1 N–H and O–H groups in total. The molecule has 3 rings (SSSR count). The highest BCUT2D eigenvalue weighted by Crippen LogP contribution is 2.35. The SMILES string of the molecule is Clc1ccc(C2=C[C@H]3CN[C@@H]2C3)cn1. The third-order valence-corrected chi connectivity index (χ3v) is 3.24. The summed E-state index contributed by atoms with van der Waals surface area (Å²) in [5, 5.41) is 4.05. The van der Waals surface area contributed by atoms with E-state index >= 15 is 0 Å². The number of rotatable bonds is 1. The number of hydrogen-bond donors (Lipinski definition) is 1. The van der Waals surface area contributed by atoms with Gasteiger partial charge < -0.3 is 5.32 Å². The summed E-state index contributed by atoms with van der Waals surface area (Å²) in [5.41, 5.74) is 2.60. The van der Waals surface area contributed by atoms with Gasteiger partial charge in [-0.2, -0.15) is 0 Å². The maximum Gasteiger partial charge on any atom is 0.129 e. The average molecular weight is 207 g/mol. The van der Waals surface area contributed by atoms with E-state index in [2.05, 4.69) is 16.4 Å².